The molecule has 0 saturated carbocycles. The van der Waals surface area contributed by atoms with Gasteiger partial charge in [-0.1, -0.05) is 0 Å². The average Bonchev–Trinajstić information content (AvgIpc) is 2.66. The van der Waals surface area contributed by atoms with Crippen molar-refractivity contribution in [2.75, 3.05) is 7.05 Å². The Morgan fingerprint density at radius 2 is 1.77 bits per heavy atom. The van der Waals surface area contributed by atoms with Crippen molar-refractivity contribution in [3.63, 3.8) is 0 Å². The summed E-state index contributed by atoms with van der Waals surface area (Å²) < 4.78 is 52.7. The van der Waals surface area contributed by atoms with Crippen molar-refractivity contribution >= 4 is 20.0 Å². The van der Waals surface area contributed by atoms with Crippen LogP contribution in [-0.4, -0.2) is 44.2 Å². The first-order valence-electron chi connectivity index (χ1n) is 7.41. The molecular weight excluding hydrogens is 378 g/mol. The van der Waals surface area contributed by atoms with Crippen molar-refractivity contribution in [3.05, 3.63) is 48.5 Å². The van der Waals surface area contributed by atoms with Crippen LogP contribution >= 0.6 is 0 Å². The van der Waals surface area contributed by atoms with Gasteiger partial charge >= 0.3 is 0 Å². The third kappa shape index (κ3) is 4.41. The lowest BCUT2D eigenvalue weighted by atomic mass is 10.4. The molecule has 138 valence electrons. The summed E-state index contributed by atoms with van der Waals surface area (Å²) in [5.41, 5.74) is 0.495. The van der Waals surface area contributed by atoms with Crippen molar-refractivity contribution in [2.45, 2.75) is 29.3 Å². The van der Waals surface area contributed by atoms with Gasteiger partial charge in [0.25, 0.3) is 0 Å². The first-order valence-corrected chi connectivity index (χ1v) is 10.3. The molecule has 0 aliphatic rings. The van der Waals surface area contributed by atoms with Gasteiger partial charge in [0, 0.05) is 13.2 Å². The molecule has 1 heterocycles. The Kier molecular flexibility index (Phi) is 6.04. The van der Waals surface area contributed by atoms with E-state index in [1.165, 1.54) is 50.8 Å². The summed E-state index contributed by atoms with van der Waals surface area (Å²) >= 11 is 0. The summed E-state index contributed by atoms with van der Waals surface area (Å²) in [5, 5.41) is 8.87. The van der Waals surface area contributed by atoms with Crippen LogP contribution in [0.5, 0.6) is 0 Å². The molecule has 1 aromatic carbocycles. The lowest BCUT2D eigenvalue weighted by molar-refractivity contribution is 0.442. The van der Waals surface area contributed by atoms with Gasteiger partial charge in [0.1, 0.15) is 12.4 Å². The minimum absolute atomic E-state index is 0.0205. The van der Waals surface area contributed by atoms with Crippen LogP contribution in [0.1, 0.15) is 12.6 Å². The standard InChI is InChI=1S/C15H17N5O4S2/c1-12(9-16)20(2)26(23,24)15-5-3-14(4-6-15)25(21,22)19-10-13-7-8-17-11-18-13/h3-8,11-12,19H,10H2,1-2H3. The van der Waals surface area contributed by atoms with Crippen molar-refractivity contribution in [1.82, 2.24) is 19.0 Å². The number of hydrogen-bond donors (Lipinski definition) is 1. The molecule has 0 amide bonds. The molecule has 9 nitrogen and oxygen atoms in total. The second-order valence-electron chi connectivity index (χ2n) is 5.32. The van der Waals surface area contributed by atoms with E-state index in [4.69, 9.17) is 5.26 Å². The number of benzene rings is 1. The molecule has 1 N–H and O–H groups in total. The maximum absolute atomic E-state index is 12.4. The Morgan fingerprint density at radius 3 is 2.31 bits per heavy atom. The highest BCUT2D eigenvalue weighted by Gasteiger charge is 2.26. The second kappa shape index (κ2) is 7.88. The maximum Gasteiger partial charge on any atom is 0.244 e. The van der Waals surface area contributed by atoms with E-state index in [9.17, 15) is 16.8 Å². The van der Waals surface area contributed by atoms with E-state index in [2.05, 4.69) is 14.7 Å². The number of hydrogen-bond acceptors (Lipinski definition) is 7. The first-order chi connectivity index (χ1) is 12.2. The smallest absolute Gasteiger partial charge is 0.244 e. The molecule has 2 rings (SSSR count). The molecule has 0 fully saturated rings. The highest BCUT2D eigenvalue weighted by molar-refractivity contribution is 7.89. The van der Waals surface area contributed by atoms with E-state index in [1.807, 2.05) is 6.07 Å². The molecular formula is C15H17N5O4S2. The molecule has 0 aliphatic heterocycles. The van der Waals surface area contributed by atoms with Crippen LogP contribution < -0.4 is 4.72 Å². The predicted molar refractivity (Wildman–Crippen MR) is 92.5 cm³/mol. The number of aromatic nitrogens is 2. The van der Waals surface area contributed by atoms with Gasteiger partial charge in [0.2, 0.25) is 20.0 Å². The lowest BCUT2D eigenvalue weighted by Gasteiger charge is -2.19. The number of nitrogens with zero attached hydrogens (tertiary/aromatic N) is 4. The van der Waals surface area contributed by atoms with Gasteiger partial charge < -0.3 is 0 Å². The van der Waals surface area contributed by atoms with Gasteiger partial charge in [-0.15, -0.1) is 0 Å². The summed E-state index contributed by atoms with van der Waals surface area (Å²) in [6.07, 6.45) is 2.80. The number of rotatable bonds is 7. The normalized spacial score (nSPS) is 13.3. The third-order valence-corrected chi connectivity index (χ3v) is 6.99. The molecule has 0 spiro atoms. The molecule has 2 aromatic rings. The van der Waals surface area contributed by atoms with Gasteiger partial charge in [-0.2, -0.15) is 9.57 Å². The molecule has 1 aromatic heterocycles. The quantitative estimate of drug-likeness (QED) is 0.721. The second-order valence-corrected chi connectivity index (χ2v) is 9.09. The van der Waals surface area contributed by atoms with E-state index >= 15 is 0 Å². The van der Waals surface area contributed by atoms with Gasteiger partial charge in [-0.05, 0) is 37.3 Å². The molecule has 0 radical (unpaired) electrons. The highest BCUT2D eigenvalue weighted by Crippen LogP contribution is 2.19. The summed E-state index contributed by atoms with van der Waals surface area (Å²) in [6.45, 7) is 1.43. The summed E-state index contributed by atoms with van der Waals surface area (Å²) in [6, 6.07) is 7.33. The van der Waals surface area contributed by atoms with Gasteiger partial charge in [-0.3, -0.25) is 0 Å². The summed E-state index contributed by atoms with van der Waals surface area (Å²) in [4.78, 5) is 7.48. The zero-order valence-corrected chi connectivity index (χ0v) is 15.7. The van der Waals surface area contributed by atoms with Gasteiger partial charge in [0.15, 0.2) is 0 Å². The monoisotopic (exact) mass is 395 g/mol. The van der Waals surface area contributed by atoms with E-state index in [0.717, 1.165) is 4.31 Å². The summed E-state index contributed by atoms with van der Waals surface area (Å²) in [5.74, 6) is 0. The molecule has 0 aliphatic carbocycles. The fourth-order valence-corrected chi connectivity index (χ4v) is 4.20. The van der Waals surface area contributed by atoms with Crippen LogP contribution in [0.25, 0.3) is 0 Å². The topological polar surface area (TPSA) is 133 Å². The maximum atomic E-state index is 12.4. The van der Waals surface area contributed by atoms with Crippen molar-refractivity contribution < 1.29 is 16.8 Å². The average molecular weight is 395 g/mol. The van der Waals surface area contributed by atoms with Crippen molar-refractivity contribution in [2.24, 2.45) is 0 Å². The van der Waals surface area contributed by atoms with Crippen LogP contribution in [0.2, 0.25) is 0 Å². The summed E-state index contributed by atoms with van der Waals surface area (Å²) in [7, 11) is -6.43. The lowest BCUT2D eigenvalue weighted by Crippen LogP contribution is -2.34. The third-order valence-electron chi connectivity index (χ3n) is 3.63. The zero-order chi connectivity index (χ0) is 19.4. The Morgan fingerprint density at radius 1 is 1.15 bits per heavy atom. The van der Waals surface area contributed by atoms with Crippen molar-refractivity contribution in [1.29, 1.82) is 5.26 Å². The van der Waals surface area contributed by atoms with Crippen LogP contribution in [0.4, 0.5) is 0 Å². The van der Waals surface area contributed by atoms with E-state index in [1.54, 1.807) is 6.07 Å². The number of sulfonamides is 2. The van der Waals surface area contributed by atoms with E-state index in [-0.39, 0.29) is 16.3 Å². The Hall–Kier alpha value is -2.39. The predicted octanol–water partition coefficient (Wildman–Crippen LogP) is 0.488. The minimum atomic E-state index is -3.89. The van der Waals surface area contributed by atoms with Crippen LogP contribution in [0, 0.1) is 11.3 Å². The first kappa shape index (κ1) is 19.9. The molecule has 1 unspecified atom stereocenters. The molecule has 0 bridgehead atoms. The Labute approximate surface area is 152 Å². The van der Waals surface area contributed by atoms with Gasteiger partial charge in [-0.25, -0.2) is 31.5 Å². The van der Waals surface area contributed by atoms with Crippen LogP contribution in [0.15, 0.2) is 52.6 Å². The highest BCUT2D eigenvalue weighted by atomic mass is 32.2. The fraction of sp³-hybridized carbons (Fsp3) is 0.267. The minimum Gasteiger partial charge on any atom is -0.245 e. The molecule has 1 atom stereocenters. The molecule has 11 heteroatoms. The Bertz CT molecular complexity index is 1000. The number of nitrogens with one attached hydrogen (secondary N) is 1. The fourth-order valence-electron chi connectivity index (χ4n) is 1.92. The zero-order valence-electron chi connectivity index (χ0n) is 14.1. The molecule has 0 saturated heterocycles. The van der Waals surface area contributed by atoms with E-state index in [0.29, 0.717) is 5.69 Å². The van der Waals surface area contributed by atoms with Crippen LogP contribution in [-0.2, 0) is 26.6 Å². The van der Waals surface area contributed by atoms with Crippen LogP contribution in [0.3, 0.4) is 0 Å². The van der Waals surface area contributed by atoms with Gasteiger partial charge in [0.05, 0.1) is 28.1 Å². The largest absolute Gasteiger partial charge is 0.245 e. The van der Waals surface area contributed by atoms with E-state index < -0.39 is 26.1 Å². The van der Waals surface area contributed by atoms with Crippen molar-refractivity contribution in [3.8, 4) is 6.07 Å². The number of nitriles is 1. The SMILES string of the molecule is CC(C#N)N(C)S(=O)(=O)c1ccc(S(=O)(=O)NCc2ccncn2)cc1. The molecule has 26 heavy (non-hydrogen) atoms. The Balaban J connectivity index is 2.19.